The van der Waals surface area contributed by atoms with Gasteiger partial charge in [-0.25, -0.2) is 0 Å². The van der Waals surface area contributed by atoms with E-state index in [1.807, 2.05) is 13.8 Å². The molecule has 0 aliphatic carbocycles. The molecule has 1 aliphatic heterocycles. The number of nitrogens with one attached hydrogen (secondary N) is 1. The fraction of sp³-hybridized carbons (Fsp3) is 0.625. The Labute approximate surface area is 123 Å². The molecule has 0 spiro atoms. The molecule has 1 heterocycles. The summed E-state index contributed by atoms with van der Waals surface area (Å²) in [5, 5.41) is 3.39. The molecule has 0 radical (unpaired) electrons. The van der Waals surface area contributed by atoms with E-state index in [1.54, 1.807) is 6.07 Å². The van der Waals surface area contributed by atoms with Crippen molar-refractivity contribution in [1.29, 1.82) is 0 Å². The summed E-state index contributed by atoms with van der Waals surface area (Å²) >= 11 is 0. The SMILES string of the molecule is CCCNC(c1cccc(C(F)(F)F)c1)C1CCOC1C. The van der Waals surface area contributed by atoms with Gasteiger partial charge in [-0.1, -0.05) is 19.1 Å². The van der Waals surface area contributed by atoms with Crippen LogP contribution < -0.4 is 5.32 Å². The van der Waals surface area contributed by atoms with Gasteiger partial charge in [0, 0.05) is 18.6 Å². The van der Waals surface area contributed by atoms with E-state index < -0.39 is 11.7 Å². The normalized spacial score (nSPS) is 24.2. The number of benzene rings is 1. The summed E-state index contributed by atoms with van der Waals surface area (Å²) in [6.45, 7) is 5.50. The molecular formula is C16H22F3NO. The minimum Gasteiger partial charge on any atom is -0.378 e. The second-order valence-electron chi connectivity index (χ2n) is 5.58. The molecule has 0 bridgehead atoms. The smallest absolute Gasteiger partial charge is 0.378 e. The van der Waals surface area contributed by atoms with E-state index in [-0.39, 0.29) is 18.1 Å². The van der Waals surface area contributed by atoms with Crippen molar-refractivity contribution >= 4 is 0 Å². The van der Waals surface area contributed by atoms with Crippen LogP contribution in [0.1, 0.15) is 43.9 Å². The minimum absolute atomic E-state index is 0.0638. The zero-order chi connectivity index (χ0) is 15.5. The Bertz CT molecular complexity index is 461. The van der Waals surface area contributed by atoms with E-state index in [1.165, 1.54) is 12.1 Å². The van der Waals surface area contributed by atoms with Gasteiger partial charge in [-0.2, -0.15) is 13.2 Å². The largest absolute Gasteiger partial charge is 0.416 e. The summed E-state index contributed by atoms with van der Waals surface area (Å²) in [6.07, 6.45) is -2.42. The van der Waals surface area contributed by atoms with Crippen molar-refractivity contribution in [3.8, 4) is 0 Å². The second kappa shape index (κ2) is 6.79. The van der Waals surface area contributed by atoms with Crippen LogP contribution in [0.4, 0.5) is 13.2 Å². The monoisotopic (exact) mass is 301 g/mol. The maximum absolute atomic E-state index is 12.9. The Morgan fingerprint density at radius 2 is 2.14 bits per heavy atom. The number of hydrogen-bond acceptors (Lipinski definition) is 2. The maximum Gasteiger partial charge on any atom is 0.416 e. The van der Waals surface area contributed by atoms with Crippen LogP contribution in [0.25, 0.3) is 0 Å². The molecule has 5 heteroatoms. The van der Waals surface area contributed by atoms with E-state index >= 15 is 0 Å². The molecule has 0 aromatic heterocycles. The van der Waals surface area contributed by atoms with Crippen LogP contribution >= 0.6 is 0 Å². The lowest BCUT2D eigenvalue weighted by Crippen LogP contribution is -2.32. The van der Waals surface area contributed by atoms with E-state index in [0.717, 1.165) is 25.5 Å². The molecule has 118 valence electrons. The van der Waals surface area contributed by atoms with E-state index in [0.29, 0.717) is 12.2 Å². The third-order valence-corrected chi connectivity index (χ3v) is 4.05. The third kappa shape index (κ3) is 3.98. The Kier molecular flexibility index (Phi) is 5.27. The van der Waals surface area contributed by atoms with Crippen LogP contribution in [-0.2, 0) is 10.9 Å². The highest BCUT2D eigenvalue weighted by Crippen LogP contribution is 2.36. The van der Waals surface area contributed by atoms with Crippen LogP contribution in [0, 0.1) is 5.92 Å². The number of halogens is 3. The van der Waals surface area contributed by atoms with Crippen LogP contribution in [0.2, 0.25) is 0 Å². The molecule has 1 N–H and O–H groups in total. The van der Waals surface area contributed by atoms with Gasteiger partial charge in [-0.05, 0) is 44.0 Å². The summed E-state index contributed by atoms with van der Waals surface area (Å²) in [5.41, 5.74) is 0.107. The van der Waals surface area contributed by atoms with Gasteiger partial charge in [-0.15, -0.1) is 0 Å². The van der Waals surface area contributed by atoms with Crippen molar-refractivity contribution in [2.24, 2.45) is 5.92 Å². The van der Waals surface area contributed by atoms with Crippen LogP contribution in [0.3, 0.4) is 0 Å². The van der Waals surface area contributed by atoms with Crippen LogP contribution in [-0.4, -0.2) is 19.3 Å². The van der Waals surface area contributed by atoms with Crippen LogP contribution in [0.5, 0.6) is 0 Å². The molecule has 3 unspecified atom stereocenters. The first-order chi connectivity index (χ1) is 9.93. The summed E-state index contributed by atoms with van der Waals surface area (Å²) in [7, 11) is 0. The highest BCUT2D eigenvalue weighted by molar-refractivity contribution is 5.28. The van der Waals surface area contributed by atoms with Crippen molar-refractivity contribution in [3.05, 3.63) is 35.4 Å². The molecule has 1 aliphatic rings. The number of alkyl halides is 3. The van der Waals surface area contributed by atoms with Gasteiger partial charge in [0.05, 0.1) is 11.7 Å². The Morgan fingerprint density at radius 3 is 2.71 bits per heavy atom. The summed E-state index contributed by atoms with van der Waals surface area (Å²) in [5.74, 6) is 0.208. The maximum atomic E-state index is 12.9. The Balaban J connectivity index is 2.27. The van der Waals surface area contributed by atoms with E-state index in [2.05, 4.69) is 5.32 Å². The molecule has 1 aromatic carbocycles. The highest BCUT2D eigenvalue weighted by Gasteiger charge is 2.35. The van der Waals surface area contributed by atoms with Crippen molar-refractivity contribution in [2.75, 3.05) is 13.2 Å². The Hall–Kier alpha value is -1.07. The molecule has 2 nitrogen and oxygen atoms in total. The molecule has 1 aromatic rings. The Morgan fingerprint density at radius 1 is 1.38 bits per heavy atom. The second-order valence-corrected chi connectivity index (χ2v) is 5.58. The van der Waals surface area contributed by atoms with Gasteiger partial charge in [0.2, 0.25) is 0 Å². The van der Waals surface area contributed by atoms with Gasteiger partial charge < -0.3 is 10.1 Å². The number of ether oxygens (including phenoxy) is 1. The first kappa shape index (κ1) is 16.3. The van der Waals surface area contributed by atoms with Gasteiger partial charge >= 0.3 is 6.18 Å². The highest BCUT2D eigenvalue weighted by atomic mass is 19.4. The van der Waals surface area contributed by atoms with E-state index in [9.17, 15) is 13.2 Å². The zero-order valence-electron chi connectivity index (χ0n) is 12.4. The average molecular weight is 301 g/mol. The van der Waals surface area contributed by atoms with Gasteiger partial charge in [0.1, 0.15) is 0 Å². The van der Waals surface area contributed by atoms with Crippen LogP contribution in [0.15, 0.2) is 24.3 Å². The molecule has 2 rings (SSSR count). The lowest BCUT2D eigenvalue weighted by Gasteiger charge is -2.28. The number of rotatable bonds is 5. The van der Waals surface area contributed by atoms with Crippen molar-refractivity contribution < 1.29 is 17.9 Å². The molecule has 0 saturated carbocycles. The minimum atomic E-state index is -4.30. The van der Waals surface area contributed by atoms with Crippen molar-refractivity contribution in [3.63, 3.8) is 0 Å². The summed E-state index contributed by atoms with van der Waals surface area (Å²) < 4.78 is 44.3. The van der Waals surface area contributed by atoms with Gasteiger partial charge in [0.15, 0.2) is 0 Å². The van der Waals surface area contributed by atoms with E-state index in [4.69, 9.17) is 4.74 Å². The quantitative estimate of drug-likeness (QED) is 0.881. The summed E-state index contributed by atoms with van der Waals surface area (Å²) in [6, 6.07) is 5.55. The van der Waals surface area contributed by atoms with Gasteiger partial charge in [-0.3, -0.25) is 0 Å². The predicted molar refractivity (Wildman–Crippen MR) is 76.0 cm³/mol. The lowest BCUT2D eigenvalue weighted by atomic mass is 9.87. The lowest BCUT2D eigenvalue weighted by molar-refractivity contribution is -0.137. The topological polar surface area (TPSA) is 21.3 Å². The molecule has 3 atom stereocenters. The molecule has 1 saturated heterocycles. The molecular weight excluding hydrogens is 279 g/mol. The average Bonchev–Trinajstić information content (AvgIpc) is 2.85. The first-order valence-corrected chi connectivity index (χ1v) is 7.45. The third-order valence-electron chi connectivity index (χ3n) is 4.05. The molecule has 1 fully saturated rings. The number of hydrogen-bond donors (Lipinski definition) is 1. The zero-order valence-corrected chi connectivity index (χ0v) is 12.4. The fourth-order valence-corrected chi connectivity index (χ4v) is 2.91. The first-order valence-electron chi connectivity index (χ1n) is 7.45. The molecule has 0 amide bonds. The standard InChI is InChI=1S/C16H22F3NO/c1-3-8-20-15(14-7-9-21-11(14)2)12-5-4-6-13(10-12)16(17,18)19/h4-6,10-11,14-15,20H,3,7-9H2,1-2H3. The molecule has 21 heavy (non-hydrogen) atoms. The van der Waals surface area contributed by atoms with Crippen molar-refractivity contribution in [2.45, 2.75) is 45.0 Å². The fourth-order valence-electron chi connectivity index (χ4n) is 2.91. The predicted octanol–water partition coefficient (Wildman–Crippen LogP) is 4.17. The van der Waals surface area contributed by atoms with Crippen molar-refractivity contribution in [1.82, 2.24) is 5.32 Å². The van der Waals surface area contributed by atoms with Gasteiger partial charge in [0.25, 0.3) is 0 Å². The summed E-state index contributed by atoms with van der Waals surface area (Å²) in [4.78, 5) is 0.